The Morgan fingerprint density at radius 3 is 2.10 bits per heavy atom. The number of amides is 1. The van der Waals surface area contributed by atoms with Crippen LogP contribution in [0.15, 0.2) is 12.3 Å². The van der Waals surface area contributed by atoms with Gasteiger partial charge in [-0.25, -0.2) is 0 Å². The molecule has 0 rings (SSSR count). The topological polar surface area (TPSA) is 37.4 Å². The second kappa shape index (κ2) is 3.82. The van der Waals surface area contributed by atoms with Gasteiger partial charge in [0.25, 0.3) is 0 Å². The summed E-state index contributed by atoms with van der Waals surface area (Å²) in [6.07, 6.45) is 2.80. The number of carbonyl (C=O) groups excluding carboxylic acids is 2. The normalized spacial score (nSPS) is 9.90. The van der Waals surface area contributed by atoms with E-state index in [9.17, 15) is 9.59 Å². The van der Waals surface area contributed by atoms with E-state index in [0.717, 1.165) is 0 Å². The average molecular weight is 141 g/mol. The van der Waals surface area contributed by atoms with Gasteiger partial charge in [-0.05, 0) is 13.0 Å². The van der Waals surface area contributed by atoms with Crippen molar-refractivity contribution in [3.63, 3.8) is 0 Å². The van der Waals surface area contributed by atoms with Crippen molar-refractivity contribution in [2.75, 3.05) is 7.05 Å². The predicted molar refractivity (Wildman–Crippen MR) is 38.3 cm³/mol. The van der Waals surface area contributed by atoms with Crippen LogP contribution < -0.4 is 0 Å². The molecule has 10 heavy (non-hydrogen) atoms. The molecular weight excluding hydrogens is 130 g/mol. The van der Waals surface area contributed by atoms with Gasteiger partial charge in [-0.3, -0.25) is 9.59 Å². The van der Waals surface area contributed by atoms with Crippen molar-refractivity contribution < 1.29 is 9.59 Å². The molecule has 0 N–H and O–H groups in total. The van der Waals surface area contributed by atoms with E-state index in [1.54, 1.807) is 7.05 Å². The van der Waals surface area contributed by atoms with Gasteiger partial charge in [0.15, 0.2) is 5.78 Å². The molecule has 0 heterocycles. The van der Waals surface area contributed by atoms with Gasteiger partial charge in [0.2, 0.25) is 5.91 Å². The third kappa shape index (κ3) is 3.83. The number of rotatable bonds is 2. The maximum Gasteiger partial charge on any atom is 0.223 e. The number of hydrogen-bond donors (Lipinski definition) is 0. The highest BCUT2D eigenvalue weighted by atomic mass is 16.2. The highest BCUT2D eigenvalue weighted by molar-refractivity contribution is 5.87. The standard InChI is InChI=1S/C7H11NO2/c1-6(9)4-5-8(3)7(2)10/h4-5H,1-3H3/b5-4+. The van der Waals surface area contributed by atoms with Gasteiger partial charge in [-0.2, -0.15) is 0 Å². The molecule has 3 heteroatoms. The van der Waals surface area contributed by atoms with Crippen LogP contribution in [0.25, 0.3) is 0 Å². The summed E-state index contributed by atoms with van der Waals surface area (Å²) in [7, 11) is 1.60. The predicted octanol–water partition coefficient (Wildman–Crippen LogP) is 0.567. The van der Waals surface area contributed by atoms with Crippen molar-refractivity contribution in [1.29, 1.82) is 0 Å². The van der Waals surface area contributed by atoms with E-state index in [4.69, 9.17) is 0 Å². The van der Waals surface area contributed by atoms with Crippen LogP contribution in [0.1, 0.15) is 13.8 Å². The molecule has 0 aliphatic heterocycles. The molecule has 0 atom stereocenters. The van der Waals surface area contributed by atoms with E-state index in [0.29, 0.717) is 0 Å². The van der Waals surface area contributed by atoms with E-state index < -0.39 is 0 Å². The third-order valence-corrected chi connectivity index (χ3v) is 1.03. The fraction of sp³-hybridized carbons (Fsp3) is 0.429. The number of hydrogen-bond acceptors (Lipinski definition) is 2. The number of allylic oxidation sites excluding steroid dienone is 1. The van der Waals surface area contributed by atoms with Gasteiger partial charge in [-0.15, -0.1) is 0 Å². The quantitative estimate of drug-likeness (QED) is 0.527. The summed E-state index contributed by atoms with van der Waals surface area (Å²) < 4.78 is 0. The Labute approximate surface area is 60.3 Å². The van der Waals surface area contributed by atoms with Crippen LogP contribution in [-0.4, -0.2) is 23.6 Å². The van der Waals surface area contributed by atoms with Crippen molar-refractivity contribution >= 4 is 11.7 Å². The summed E-state index contributed by atoms with van der Waals surface area (Å²) in [5.74, 6) is -0.148. The summed E-state index contributed by atoms with van der Waals surface area (Å²) in [6.45, 7) is 2.87. The zero-order valence-corrected chi connectivity index (χ0v) is 6.42. The molecule has 0 saturated heterocycles. The minimum absolute atomic E-state index is 0.0619. The first-order chi connectivity index (χ1) is 4.54. The molecule has 1 amide bonds. The highest BCUT2D eigenvalue weighted by Gasteiger charge is 1.94. The first-order valence-electron chi connectivity index (χ1n) is 2.96. The Kier molecular flexibility index (Phi) is 3.39. The van der Waals surface area contributed by atoms with Gasteiger partial charge < -0.3 is 4.90 Å². The Hall–Kier alpha value is -1.12. The molecular formula is C7H11NO2. The largest absolute Gasteiger partial charge is 0.322 e. The van der Waals surface area contributed by atoms with Crippen molar-refractivity contribution in [3.05, 3.63) is 12.3 Å². The van der Waals surface area contributed by atoms with Crippen LogP contribution in [0.3, 0.4) is 0 Å². The van der Waals surface area contributed by atoms with Crippen LogP contribution in [-0.2, 0) is 9.59 Å². The van der Waals surface area contributed by atoms with Crippen LogP contribution in [0.5, 0.6) is 0 Å². The van der Waals surface area contributed by atoms with Crippen molar-refractivity contribution in [3.8, 4) is 0 Å². The molecule has 0 aliphatic rings. The lowest BCUT2D eigenvalue weighted by molar-refractivity contribution is -0.125. The molecule has 56 valence electrons. The highest BCUT2D eigenvalue weighted by Crippen LogP contribution is 1.84. The van der Waals surface area contributed by atoms with Crippen LogP contribution in [0.2, 0.25) is 0 Å². The average Bonchev–Trinajstić information content (AvgIpc) is 1.82. The lowest BCUT2D eigenvalue weighted by Gasteiger charge is -2.05. The van der Waals surface area contributed by atoms with E-state index in [1.165, 1.54) is 31.0 Å². The number of nitrogens with zero attached hydrogens (tertiary/aromatic N) is 1. The van der Waals surface area contributed by atoms with Gasteiger partial charge in [0, 0.05) is 20.2 Å². The first kappa shape index (κ1) is 8.88. The Balaban J connectivity index is 3.89. The molecule has 0 bridgehead atoms. The molecule has 0 spiro atoms. The van der Waals surface area contributed by atoms with Crippen molar-refractivity contribution in [2.24, 2.45) is 0 Å². The van der Waals surface area contributed by atoms with Gasteiger partial charge in [-0.1, -0.05) is 0 Å². The lowest BCUT2D eigenvalue weighted by atomic mass is 10.4. The monoisotopic (exact) mass is 141 g/mol. The Morgan fingerprint density at radius 1 is 1.30 bits per heavy atom. The molecule has 0 saturated carbocycles. The molecule has 0 radical (unpaired) electrons. The second-order valence-corrected chi connectivity index (χ2v) is 2.06. The minimum Gasteiger partial charge on any atom is -0.322 e. The summed E-state index contributed by atoms with van der Waals surface area (Å²) in [4.78, 5) is 22.2. The first-order valence-corrected chi connectivity index (χ1v) is 2.96. The summed E-state index contributed by atoms with van der Waals surface area (Å²) >= 11 is 0. The van der Waals surface area contributed by atoms with Gasteiger partial charge in [0.05, 0.1) is 0 Å². The molecule has 0 unspecified atom stereocenters. The van der Waals surface area contributed by atoms with Gasteiger partial charge in [0.1, 0.15) is 0 Å². The summed E-state index contributed by atoms with van der Waals surface area (Å²) in [5.41, 5.74) is 0. The molecule has 0 aromatic rings. The minimum atomic E-state index is -0.0856. The van der Waals surface area contributed by atoms with E-state index >= 15 is 0 Å². The fourth-order valence-corrected chi connectivity index (χ4v) is 0.322. The SMILES string of the molecule is CC(=O)/C=C/N(C)C(C)=O. The van der Waals surface area contributed by atoms with Gasteiger partial charge >= 0.3 is 0 Å². The smallest absolute Gasteiger partial charge is 0.223 e. The van der Waals surface area contributed by atoms with E-state index in [-0.39, 0.29) is 11.7 Å². The Bertz CT molecular complexity index is 172. The number of carbonyl (C=O) groups is 2. The van der Waals surface area contributed by atoms with E-state index in [2.05, 4.69) is 0 Å². The molecule has 0 fully saturated rings. The number of ketones is 1. The van der Waals surface area contributed by atoms with Crippen molar-refractivity contribution in [1.82, 2.24) is 4.90 Å². The Morgan fingerprint density at radius 2 is 1.80 bits per heavy atom. The third-order valence-electron chi connectivity index (χ3n) is 1.03. The van der Waals surface area contributed by atoms with E-state index in [1.807, 2.05) is 0 Å². The zero-order chi connectivity index (χ0) is 8.15. The fourth-order valence-electron chi connectivity index (χ4n) is 0.322. The zero-order valence-electron chi connectivity index (χ0n) is 6.42. The lowest BCUT2D eigenvalue weighted by Crippen LogP contribution is -2.16. The van der Waals surface area contributed by atoms with Crippen LogP contribution in [0, 0.1) is 0 Å². The molecule has 0 aromatic carbocycles. The van der Waals surface area contributed by atoms with Crippen LogP contribution >= 0.6 is 0 Å². The van der Waals surface area contributed by atoms with Crippen molar-refractivity contribution in [2.45, 2.75) is 13.8 Å². The molecule has 3 nitrogen and oxygen atoms in total. The maximum absolute atomic E-state index is 10.5. The summed E-state index contributed by atoms with van der Waals surface area (Å²) in [5, 5.41) is 0. The molecule has 0 aromatic heterocycles. The maximum atomic E-state index is 10.5. The molecule has 0 aliphatic carbocycles. The second-order valence-electron chi connectivity index (χ2n) is 2.06. The van der Waals surface area contributed by atoms with Crippen LogP contribution in [0.4, 0.5) is 0 Å². The summed E-state index contributed by atoms with van der Waals surface area (Å²) in [6, 6.07) is 0.